The van der Waals surface area contributed by atoms with Gasteiger partial charge in [0.05, 0.1) is 6.54 Å². The molecule has 0 atom stereocenters. The Labute approximate surface area is 95.6 Å². The Kier molecular flexibility index (Phi) is 3.85. The topological polar surface area (TPSA) is 57.6 Å². The molecule has 1 amide bonds. The Morgan fingerprint density at radius 2 is 1.87 bits per heavy atom. The molecule has 0 aliphatic rings. The van der Waals surface area contributed by atoms with Crippen LogP contribution < -0.4 is 0 Å². The Balaban J connectivity index is 2.69. The third-order valence-corrected chi connectivity index (χ3v) is 2.40. The van der Waals surface area contributed by atoms with E-state index in [1.807, 2.05) is 0 Å². The molecular weight excluding hydrogens is 262 g/mol. The molecule has 0 aliphatic heterocycles. The lowest BCUT2D eigenvalue weighted by molar-refractivity contribution is 0.0929. The third-order valence-electron chi connectivity index (χ3n) is 1.87. The van der Waals surface area contributed by atoms with Gasteiger partial charge in [0.25, 0.3) is 0 Å². The molecule has 80 valence electrons. The summed E-state index contributed by atoms with van der Waals surface area (Å²) in [5, 5.41) is 8.59. The molecule has 0 heterocycles. The fourth-order valence-electron chi connectivity index (χ4n) is 1.01. The van der Waals surface area contributed by atoms with Gasteiger partial charge >= 0.3 is 6.09 Å². The predicted octanol–water partition coefficient (Wildman–Crippen LogP) is 2.24. The van der Waals surface area contributed by atoms with Gasteiger partial charge in [-0.15, -0.1) is 0 Å². The first-order chi connectivity index (χ1) is 7.00. The number of rotatable bonds is 3. The molecule has 0 fully saturated rings. The summed E-state index contributed by atoms with van der Waals surface area (Å²) >= 11 is 3.25. The van der Waals surface area contributed by atoms with E-state index >= 15 is 0 Å². The van der Waals surface area contributed by atoms with Crippen LogP contribution in [0.1, 0.15) is 10.4 Å². The highest BCUT2D eigenvalue weighted by Gasteiger charge is 2.12. The van der Waals surface area contributed by atoms with Gasteiger partial charge in [0.2, 0.25) is 0 Å². The Morgan fingerprint density at radius 1 is 1.33 bits per heavy atom. The van der Waals surface area contributed by atoms with Crippen molar-refractivity contribution in [3.63, 3.8) is 0 Å². The van der Waals surface area contributed by atoms with Crippen LogP contribution in [0.4, 0.5) is 4.79 Å². The monoisotopic (exact) mass is 271 g/mol. The van der Waals surface area contributed by atoms with Crippen molar-refractivity contribution in [2.75, 3.05) is 13.6 Å². The zero-order valence-corrected chi connectivity index (χ0v) is 9.69. The van der Waals surface area contributed by atoms with Crippen LogP contribution in [0.5, 0.6) is 0 Å². The number of hydrogen-bond donors (Lipinski definition) is 1. The molecule has 0 aliphatic carbocycles. The molecule has 0 aromatic heterocycles. The fourth-order valence-corrected chi connectivity index (χ4v) is 1.27. The maximum atomic E-state index is 11.6. The van der Waals surface area contributed by atoms with E-state index < -0.39 is 6.09 Å². The lowest BCUT2D eigenvalue weighted by Crippen LogP contribution is -2.30. The first-order valence-corrected chi connectivity index (χ1v) is 5.03. The summed E-state index contributed by atoms with van der Waals surface area (Å²) in [4.78, 5) is 23.0. The number of carboxylic acid groups (broad SMARTS) is 1. The van der Waals surface area contributed by atoms with Gasteiger partial charge in [0.1, 0.15) is 0 Å². The number of likely N-dealkylation sites (N-methyl/N-ethyl adjacent to an activating group) is 1. The molecule has 5 heteroatoms. The minimum Gasteiger partial charge on any atom is -0.465 e. The summed E-state index contributed by atoms with van der Waals surface area (Å²) < 4.78 is 0.880. The summed E-state index contributed by atoms with van der Waals surface area (Å²) in [5.74, 6) is -0.215. The Bertz CT molecular complexity index is 375. The van der Waals surface area contributed by atoms with Crippen molar-refractivity contribution in [2.45, 2.75) is 0 Å². The van der Waals surface area contributed by atoms with Gasteiger partial charge in [-0.3, -0.25) is 4.79 Å². The molecule has 0 radical (unpaired) electrons. The van der Waals surface area contributed by atoms with Crippen molar-refractivity contribution >= 4 is 27.8 Å². The number of carbonyl (C=O) groups is 2. The zero-order valence-electron chi connectivity index (χ0n) is 8.11. The van der Waals surface area contributed by atoms with E-state index in [0.29, 0.717) is 5.56 Å². The second-order valence-electron chi connectivity index (χ2n) is 3.07. The molecule has 0 unspecified atom stereocenters. The van der Waals surface area contributed by atoms with Crippen molar-refractivity contribution in [1.29, 1.82) is 0 Å². The van der Waals surface area contributed by atoms with Crippen LogP contribution in [0.15, 0.2) is 28.7 Å². The van der Waals surface area contributed by atoms with Gasteiger partial charge in [-0.25, -0.2) is 4.79 Å². The molecule has 0 saturated carbocycles. The largest absolute Gasteiger partial charge is 0.465 e. The van der Waals surface area contributed by atoms with E-state index in [9.17, 15) is 9.59 Å². The van der Waals surface area contributed by atoms with Crippen molar-refractivity contribution in [3.8, 4) is 0 Å². The van der Waals surface area contributed by atoms with Gasteiger partial charge < -0.3 is 10.0 Å². The SMILES string of the molecule is CN(CC(=O)c1ccc(Br)cc1)C(=O)O. The second kappa shape index (κ2) is 4.93. The average molecular weight is 272 g/mol. The molecule has 4 nitrogen and oxygen atoms in total. The fraction of sp³-hybridized carbons (Fsp3) is 0.200. The van der Waals surface area contributed by atoms with Crippen LogP contribution in [0, 0.1) is 0 Å². The van der Waals surface area contributed by atoms with Gasteiger partial charge in [0.15, 0.2) is 5.78 Å². The zero-order chi connectivity index (χ0) is 11.4. The number of nitrogens with zero attached hydrogens (tertiary/aromatic N) is 1. The molecule has 15 heavy (non-hydrogen) atoms. The molecular formula is C10H10BrNO3. The summed E-state index contributed by atoms with van der Waals surface area (Å²) in [6.45, 7) is -0.128. The predicted molar refractivity (Wildman–Crippen MR) is 59.1 cm³/mol. The highest BCUT2D eigenvalue weighted by Crippen LogP contribution is 2.11. The van der Waals surface area contributed by atoms with Crippen molar-refractivity contribution < 1.29 is 14.7 Å². The van der Waals surface area contributed by atoms with Gasteiger partial charge in [0, 0.05) is 17.1 Å². The summed E-state index contributed by atoms with van der Waals surface area (Å²) in [7, 11) is 1.36. The minimum absolute atomic E-state index is 0.128. The smallest absolute Gasteiger partial charge is 0.407 e. The molecule has 1 rings (SSSR count). The maximum Gasteiger partial charge on any atom is 0.407 e. The average Bonchev–Trinajstić information content (AvgIpc) is 2.18. The lowest BCUT2D eigenvalue weighted by atomic mass is 10.1. The van der Waals surface area contributed by atoms with Gasteiger partial charge in [-0.1, -0.05) is 28.1 Å². The molecule has 1 N–H and O–H groups in total. The number of amides is 1. The molecule has 1 aromatic carbocycles. The van der Waals surface area contributed by atoms with Crippen molar-refractivity contribution in [1.82, 2.24) is 4.90 Å². The van der Waals surface area contributed by atoms with Crippen LogP contribution in [0.2, 0.25) is 0 Å². The quantitative estimate of drug-likeness (QED) is 0.858. The van der Waals surface area contributed by atoms with Crippen LogP contribution in [0.25, 0.3) is 0 Å². The third kappa shape index (κ3) is 3.36. The van der Waals surface area contributed by atoms with E-state index in [0.717, 1.165) is 9.37 Å². The van der Waals surface area contributed by atoms with Crippen LogP contribution in [-0.2, 0) is 0 Å². The summed E-state index contributed by atoms with van der Waals surface area (Å²) in [6, 6.07) is 6.80. The number of hydrogen-bond acceptors (Lipinski definition) is 2. The Morgan fingerprint density at radius 3 is 2.33 bits per heavy atom. The molecule has 0 bridgehead atoms. The molecule has 0 spiro atoms. The number of carbonyl (C=O) groups excluding carboxylic acids is 1. The second-order valence-corrected chi connectivity index (χ2v) is 3.98. The minimum atomic E-state index is -1.11. The van der Waals surface area contributed by atoms with Crippen molar-refractivity contribution in [2.24, 2.45) is 0 Å². The maximum absolute atomic E-state index is 11.6. The van der Waals surface area contributed by atoms with Gasteiger partial charge in [-0.2, -0.15) is 0 Å². The van der Waals surface area contributed by atoms with E-state index in [1.54, 1.807) is 24.3 Å². The van der Waals surface area contributed by atoms with Crippen molar-refractivity contribution in [3.05, 3.63) is 34.3 Å². The Hall–Kier alpha value is -1.36. The van der Waals surface area contributed by atoms with E-state index in [2.05, 4.69) is 15.9 Å². The van der Waals surface area contributed by atoms with E-state index in [4.69, 9.17) is 5.11 Å². The van der Waals surface area contributed by atoms with Gasteiger partial charge in [-0.05, 0) is 12.1 Å². The number of ketones is 1. The van der Waals surface area contributed by atoms with Crippen LogP contribution in [-0.4, -0.2) is 35.5 Å². The molecule has 1 aromatic rings. The first-order valence-electron chi connectivity index (χ1n) is 4.23. The lowest BCUT2D eigenvalue weighted by Gasteiger charge is -2.11. The normalized spacial score (nSPS) is 9.73. The molecule has 0 saturated heterocycles. The number of Topliss-reactive ketones (excluding diaryl/α,β-unsaturated/α-hetero) is 1. The standard InChI is InChI=1S/C10H10BrNO3/c1-12(10(14)15)6-9(13)7-2-4-8(11)5-3-7/h2-5H,6H2,1H3,(H,14,15). The number of benzene rings is 1. The summed E-state index contributed by atoms with van der Waals surface area (Å²) in [5.41, 5.74) is 0.506. The van der Waals surface area contributed by atoms with E-state index in [-0.39, 0.29) is 12.3 Å². The summed E-state index contributed by atoms with van der Waals surface area (Å²) in [6.07, 6.45) is -1.11. The first kappa shape index (κ1) is 11.7. The van der Waals surface area contributed by atoms with E-state index in [1.165, 1.54) is 7.05 Å². The van der Waals surface area contributed by atoms with Crippen LogP contribution in [0.3, 0.4) is 0 Å². The number of halogens is 1. The van der Waals surface area contributed by atoms with Crippen LogP contribution >= 0.6 is 15.9 Å². The highest BCUT2D eigenvalue weighted by atomic mass is 79.9. The highest BCUT2D eigenvalue weighted by molar-refractivity contribution is 9.10.